The SMILES string of the molecule is CCc1cccc(C)c1NC(=O)CSc1[nH]c2ccccc2[n+]1Cc1ccccc1. The average Bonchev–Trinajstić information content (AvgIpc) is 3.12. The molecule has 3 aromatic carbocycles. The topological polar surface area (TPSA) is 48.8 Å². The van der Waals surface area contributed by atoms with Gasteiger partial charge in [-0.05, 0) is 53.9 Å². The first-order valence-corrected chi connectivity index (χ1v) is 11.2. The number of carbonyl (C=O) groups excluding carboxylic acids is 1. The van der Waals surface area contributed by atoms with Gasteiger partial charge in [0.2, 0.25) is 5.91 Å². The Morgan fingerprint density at radius 3 is 2.57 bits per heavy atom. The van der Waals surface area contributed by atoms with Crippen LogP contribution < -0.4 is 9.88 Å². The summed E-state index contributed by atoms with van der Waals surface area (Å²) in [6.07, 6.45) is 0.892. The van der Waals surface area contributed by atoms with Gasteiger partial charge in [-0.2, -0.15) is 0 Å². The number of thioether (sulfide) groups is 1. The molecule has 0 spiro atoms. The Balaban J connectivity index is 1.54. The second-order valence-electron chi connectivity index (χ2n) is 7.32. The largest absolute Gasteiger partial charge is 0.325 e. The van der Waals surface area contributed by atoms with E-state index in [1.165, 1.54) is 17.3 Å². The summed E-state index contributed by atoms with van der Waals surface area (Å²) in [5.74, 6) is 0.355. The summed E-state index contributed by atoms with van der Waals surface area (Å²) in [5.41, 5.74) is 6.64. The van der Waals surface area contributed by atoms with Crippen LogP contribution in [0.3, 0.4) is 0 Å². The number of aromatic nitrogens is 2. The Hall–Kier alpha value is -3.05. The molecule has 0 saturated heterocycles. The van der Waals surface area contributed by atoms with Crippen LogP contribution in [0.4, 0.5) is 5.69 Å². The molecule has 4 aromatic rings. The van der Waals surface area contributed by atoms with E-state index in [0.717, 1.165) is 46.0 Å². The highest BCUT2D eigenvalue weighted by Gasteiger charge is 2.20. The molecule has 1 aromatic heterocycles. The molecule has 0 aliphatic carbocycles. The lowest BCUT2D eigenvalue weighted by molar-refractivity contribution is -0.700. The minimum atomic E-state index is 0.00826. The van der Waals surface area contributed by atoms with Gasteiger partial charge in [-0.1, -0.05) is 67.6 Å². The number of aromatic amines is 1. The van der Waals surface area contributed by atoms with Gasteiger partial charge in [-0.3, -0.25) is 4.79 Å². The summed E-state index contributed by atoms with van der Waals surface area (Å²) in [4.78, 5) is 16.2. The second-order valence-corrected chi connectivity index (χ2v) is 8.28. The molecule has 0 bridgehead atoms. The first kappa shape index (κ1) is 20.2. The molecule has 0 fully saturated rings. The minimum absolute atomic E-state index is 0.00826. The lowest BCUT2D eigenvalue weighted by atomic mass is 10.1. The molecular weight excluding hydrogens is 390 g/mol. The van der Waals surface area contributed by atoms with Gasteiger partial charge in [-0.15, -0.1) is 0 Å². The number of carbonyl (C=O) groups is 1. The van der Waals surface area contributed by atoms with E-state index in [0.29, 0.717) is 5.75 Å². The number of anilines is 1. The number of aryl methyl sites for hydroxylation is 2. The van der Waals surface area contributed by atoms with E-state index in [1.807, 2.05) is 37.3 Å². The monoisotopic (exact) mass is 416 g/mol. The fourth-order valence-electron chi connectivity index (χ4n) is 3.66. The summed E-state index contributed by atoms with van der Waals surface area (Å²) < 4.78 is 2.24. The van der Waals surface area contributed by atoms with Crippen molar-refractivity contribution in [1.82, 2.24) is 4.98 Å². The van der Waals surface area contributed by atoms with E-state index in [2.05, 4.69) is 64.3 Å². The lowest BCUT2D eigenvalue weighted by Crippen LogP contribution is -2.35. The molecule has 2 N–H and O–H groups in total. The van der Waals surface area contributed by atoms with Crippen LogP contribution in [0.5, 0.6) is 0 Å². The fourth-order valence-corrected chi connectivity index (χ4v) is 4.50. The van der Waals surface area contributed by atoms with Crippen molar-refractivity contribution in [2.75, 3.05) is 11.1 Å². The second kappa shape index (κ2) is 9.18. The zero-order chi connectivity index (χ0) is 20.9. The third kappa shape index (κ3) is 4.41. The minimum Gasteiger partial charge on any atom is -0.325 e. The Morgan fingerprint density at radius 2 is 1.77 bits per heavy atom. The van der Waals surface area contributed by atoms with Crippen molar-refractivity contribution in [2.24, 2.45) is 0 Å². The predicted molar refractivity (Wildman–Crippen MR) is 124 cm³/mol. The number of benzene rings is 3. The van der Waals surface area contributed by atoms with Gasteiger partial charge in [0.05, 0.1) is 5.75 Å². The molecule has 4 nitrogen and oxygen atoms in total. The van der Waals surface area contributed by atoms with Crippen molar-refractivity contribution in [1.29, 1.82) is 0 Å². The molecule has 0 saturated carbocycles. The van der Waals surface area contributed by atoms with Gasteiger partial charge in [-0.25, -0.2) is 9.55 Å². The first-order chi connectivity index (χ1) is 14.7. The molecule has 0 radical (unpaired) electrons. The molecule has 1 heterocycles. The number of amides is 1. The van der Waals surface area contributed by atoms with Crippen molar-refractivity contribution in [2.45, 2.75) is 32.0 Å². The van der Waals surface area contributed by atoms with Crippen LogP contribution in [0.1, 0.15) is 23.6 Å². The van der Waals surface area contributed by atoms with Gasteiger partial charge in [0.15, 0.2) is 11.0 Å². The molecule has 5 heteroatoms. The summed E-state index contributed by atoms with van der Waals surface area (Å²) in [6, 6.07) is 24.8. The fraction of sp³-hybridized carbons (Fsp3) is 0.200. The summed E-state index contributed by atoms with van der Waals surface area (Å²) in [6.45, 7) is 4.90. The summed E-state index contributed by atoms with van der Waals surface area (Å²) in [7, 11) is 0. The van der Waals surface area contributed by atoms with Crippen LogP contribution >= 0.6 is 11.8 Å². The van der Waals surface area contributed by atoms with E-state index >= 15 is 0 Å². The number of imidazole rings is 1. The maximum Gasteiger partial charge on any atom is 0.317 e. The standard InChI is InChI=1S/C25H25N3OS/c1-3-20-13-9-10-18(2)24(20)27-23(29)17-30-25-26-21-14-7-8-15-22(21)28(25)16-19-11-5-4-6-12-19/h4-15H,3,16-17H2,1-2H3,(H,27,29)/p+1. The van der Waals surface area contributed by atoms with Crippen LogP contribution in [0.2, 0.25) is 0 Å². The van der Waals surface area contributed by atoms with E-state index < -0.39 is 0 Å². The van der Waals surface area contributed by atoms with Gasteiger partial charge >= 0.3 is 5.16 Å². The highest BCUT2D eigenvalue weighted by Crippen LogP contribution is 2.23. The normalized spacial score (nSPS) is 11.0. The number of nitrogens with one attached hydrogen (secondary N) is 2. The highest BCUT2D eigenvalue weighted by molar-refractivity contribution is 7.99. The summed E-state index contributed by atoms with van der Waals surface area (Å²) >= 11 is 1.53. The smallest absolute Gasteiger partial charge is 0.317 e. The number of nitrogens with zero attached hydrogens (tertiary/aromatic N) is 1. The number of hydrogen-bond donors (Lipinski definition) is 2. The lowest BCUT2D eigenvalue weighted by Gasteiger charge is -2.12. The maximum absolute atomic E-state index is 12.7. The third-order valence-corrected chi connectivity index (χ3v) is 6.21. The Morgan fingerprint density at radius 1 is 1.00 bits per heavy atom. The Kier molecular flexibility index (Phi) is 6.19. The quantitative estimate of drug-likeness (QED) is 0.325. The van der Waals surface area contributed by atoms with Gasteiger partial charge in [0, 0.05) is 5.69 Å². The van der Waals surface area contributed by atoms with Gasteiger partial charge in [0.1, 0.15) is 6.54 Å². The number of hydrogen-bond acceptors (Lipinski definition) is 2. The van der Waals surface area contributed by atoms with Crippen molar-refractivity contribution in [3.8, 4) is 0 Å². The van der Waals surface area contributed by atoms with Gasteiger partial charge in [0.25, 0.3) is 0 Å². The zero-order valence-corrected chi connectivity index (χ0v) is 18.1. The Labute approximate surface area is 181 Å². The van der Waals surface area contributed by atoms with Crippen LogP contribution in [0.15, 0.2) is 78.0 Å². The molecule has 4 rings (SSSR count). The maximum atomic E-state index is 12.7. The number of fused-ring (bicyclic) bond motifs is 1. The molecule has 0 aliphatic heterocycles. The van der Waals surface area contributed by atoms with Crippen molar-refractivity contribution in [3.63, 3.8) is 0 Å². The van der Waals surface area contributed by atoms with Crippen LogP contribution in [-0.4, -0.2) is 16.6 Å². The number of H-pyrrole nitrogens is 1. The average molecular weight is 417 g/mol. The van der Waals surface area contributed by atoms with Gasteiger partial charge < -0.3 is 5.32 Å². The van der Waals surface area contributed by atoms with E-state index in [1.54, 1.807) is 0 Å². The van der Waals surface area contributed by atoms with E-state index in [4.69, 9.17) is 0 Å². The molecular formula is C25H26N3OS+. The molecule has 0 unspecified atom stereocenters. The number of para-hydroxylation sites is 3. The van der Waals surface area contributed by atoms with Crippen LogP contribution in [0.25, 0.3) is 11.0 Å². The molecule has 1 amide bonds. The van der Waals surface area contributed by atoms with Crippen molar-refractivity contribution >= 4 is 34.4 Å². The predicted octanol–water partition coefficient (Wildman–Crippen LogP) is 5.11. The first-order valence-electron chi connectivity index (χ1n) is 10.2. The molecule has 0 aliphatic rings. The highest BCUT2D eigenvalue weighted by atomic mass is 32.2. The molecule has 152 valence electrons. The Bertz CT molecular complexity index is 1170. The third-order valence-electron chi connectivity index (χ3n) is 5.21. The zero-order valence-electron chi connectivity index (χ0n) is 17.3. The molecule has 0 atom stereocenters. The van der Waals surface area contributed by atoms with E-state index in [-0.39, 0.29) is 5.91 Å². The summed E-state index contributed by atoms with van der Waals surface area (Å²) in [5, 5.41) is 4.10. The van der Waals surface area contributed by atoms with Crippen molar-refractivity contribution < 1.29 is 9.36 Å². The van der Waals surface area contributed by atoms with Crippen LogP contribution in [-0.2, 0) is 17.8 Å². The van der Waals surface area contributed by atoms with Crippen LogP contribution in [0, 0.1) is 6.92 Å². The number of rotatable bonds is 7. The van der Waals surface area contributed by atoms with E-state index in [9.17, 15) is 4.79 Å². The molecule has 30 heavy (non-hydrogen) atoms. The van der Waals surface area contributed by atoms with Crippen molar-refractivity contribution in [3.05, 3.63) is 89.5 Å².